The van der Waals surface area contributed by atoms with Crippen LogP contribution in [0.1, 0.15) is 10.6 Å². The average molecular weight is 400 g/mol. The lowest BCUT2D eigenvalue weighted by atomic mass is 10.2. The Morgan fingerprint density at radius 3 is 2.74 bits per heavy atom. The van der Waals surface area contributed by atoms with Gasteiger partial charge in [0.1, 0.15) is 22.4 Å². The Morgan fingerprint density at radius 2 is 2.00 bits per heavy atom. The first-order chi connectivity index (χ1) is 13.0. The smallest absolute Gasteiger partial charge is 0.135 e. The van der Waals surface area contributed by atoms with Crippen molar-refractivity contribution in [3.05, 3.63) is 81.1 Å². The van der Waals surface area contributed by atoms with E-state index in [9.17, 15) is 9.50 Å². The summed E-state index contributed by atoms with van der Waals surface area (Å²) in [7, 11) is 0. The molecule has 0 spiro atoms. The van der Waals surface area contributed by atoms with Crippen LogP contribution in [-0.4, -0.2) is 27.4 Å². The van der Waals surface area contributed by atoms with Crippen LogP contribution in [-0.2, 0) is 6.54 Å². The molecule has 1 aromatic heterocycles. The van der Waals surface area contributed by atoms with Crippen LogP contribution < -0.4 is 0 Å². The van der Waals surface area contributed by atoms with Gasteiger partial charge in [-0.2, -0.15) is 0 Å². The Balaban J connectivity index is 1.56. The van der Waals surface area contributed by atoms with Crippen molar-refractivity contribution in [2.75, 3.05) is 6.54 Å². The molecule has 4 rings (SSSR count). The van der Waals surface area contributed by atoms with Crippen molar-refractivity contribution >= 4 is 34.3 Å². The molecule has 1 aliphatic rings. The van der Waals surface area contributed by atoms with Crippen molar-refractivity contribution in [3.63, 3.8) is 0 Å². The summed E-state index contributed by atoms with van der Waals surface area (Å²) in [6.07, 6.45) is 0. The molecule has 0 atom stereocenters. The van der Waals surface area contributed by atoms with Crippen LogP contribution in [0.15, 0.2) is 59.7 Å². The second kappa shape index (κ2) is 7.13. The van der Waals surface area contributed by atoms with Crippen molar-refractivity contribution in [2.24, 2.45) is 0 Å². The Kier molecular flexibility index (Phi) is 4.68. The van der Waals surface area contributed by atoms with Crippen molar-refractivity contribution in [1.29, 1.82) is 5.41 Å². The minimum absolute atomic E-state index is 0.120. The van der Waals surface area contributed by atoms with Gasteiger partial charge in [0.2, 0.25) is 0 Å². The van der Waals surface area contributed by atoms with E-state index in [0.29, 0.717) is 22.1 Å². The molecule has 0 unspecified atom stereocenters. The standard InChI is InChI=1S/C20H15ClFN3OS/c21-14-3-1-2-13(8-14)16-11-27-20(24-16)18-17(26)10-25(19(18)23)9-12-4-6-15(22)7-5-12/h1-8,11,23,26H,9-10H2. The maximum atomic E-state index is 13.1. The molecule has 4 nitrogen and oxygen atoms in total. The highest BCUT2D eigenvalue weighted by Crippen LogP contribution is 2.33. The molecule has 3 aromatic rings. The number of nitrogens with zero attached hydrogens (tertiary/aromatic N) is 2. The third-order valence-electron chi connectivity index (χ3n) is 4.31. The Labute approximate surface area is 164 Å². The predicted molar refractivity (Wildman–Crippen MR) is 107 cm³/mol. The van der Waals surface area contributed by atoms with Crippen LogP contribution in [0.5, 0.6) is 0 Å². The number of aliphatic hydroxyl groups excluding tert-OH is 1. The molecule has 136 valence electrons. The van der Waals surface area contributed by atoms with Gasteiger partial charge in [0, 0.05) is 22.5 Å². The molecule has 0 saturated heterocycles. The first-order valence-electron chi connectivity index (χ1n) is 8.23. The lowest BCUT2D eigenvalue weighted by molar-refractivity contribution is 0.347. The Bertz CT molecular complexity index is 1050. The summed E-state index contributed by atoms with van der Waals surface area (Å²) in [5.41, 5.74) is 2.95. The average Bonchev–Trinajstić information content (AvgIpc) is 3.22. The predicted octanol–water partition coefficient (Wildman–Crippen LogP) is 5.36. The number of rotatable bonds is 4. The van der Waals surface area contributed by atoms with Gasteiger partial charge in [-0.25, -0.2) is 9.37 Å². The molecule has 0 fully saturated rings. The number of aliphatic hydroxyl groups is 1. The second-order valence-electron chi connectivity index (χ2n) is 6.20. The summed E-state index contributed by atoms with van der Waals surface area (Å²) in [6.45, 7) is 0.650. The van der Waals surface area contributed by atoms with Crippen LogP contribution in [0.25, 0.3) is 16.8 Å². The number of benzene rings is 2. The quantitative estimate of drug-likeness (QED) is 0.620. The van der Waals surface area contributed by atoms with E-state index in [2.05, 4.69) is 4.98 Å². The number of hydrogen-bond donors (Lipinski definition) is 2. The molecule has 2 heterocycles. The molecular weight excluding hydrogens is 385 g/mol. The van der Waals surface area contributed by atoms with Crippen molar-refractivity contribution in [2.45, 2.75) is 6.54 Å². The molecule has 27 heavy (non-hydrogen) atoms. The van der Waals surface area contributed by atoms with E-state index >= 15 is 0 Å². The van der Waals surface area contributed by atoms with Crippen LogP contribution in [0.2, 0.25) is 5.02 Å². The van der Waals surface area contributed by atoms with Gasteiger partial charge in [-0.05, 0) is 29.8 Å². The summed E-state index contributed by atoms with van der Waals surface area (Å²) in [5, 5.41) is 22.0. The SMILES string of the molecule is N=C1C(c2nc(-c3cccc(Cl)c3)cs2)=C(O)CN1Cc1ccc(F)cc1. The molecule has 0 aliphatic carbocycles. The normalized spacial score (nSPS) is 14.3. The van der Waals surface area contributed by atoms with Crippen LogP contribution in [0.4, 0.5) is 4.39 Å². The topological polar surface area (TPSA) is 60.2 Å². The zero-order valence-electron chi connectivity index (χ0n) is 14.1. The third-order valence-corrected chi connectivity index (χ3v) is 5.40. The summed E-state index contributed by atoms with van der Waals surface area (Å²) in [6, 6.07) is 13.5. The van der Waals surface area contributed by atoms with Gasteiger partial charge in [0.25, 0.3) is 0 Å². The fraction of sp³-hybridized carbons (Fsp3) is 0.100. The zero-order chi connectivity index (χ0) is 19.0. The minimum Gasteiger partial charge on any atom is -0.510 e. The fourth-order valence-corrected chi connectivity index (χ4v) is 4.06. The number of amidine groups is 1. The molecule has 1 aliphatic heterocycles. The highest BCUT2D eigenvalue weighted by molar-refractivity contribution is 7.11. The van der Waals surface area contributed by atoms with Crippen LogP contribution in [0.3, 0.4) is 0 Å². The molecule has 0 radical (unpaired) electrons. The molecule has 0 saturated carbocycles. The van der Waals surface area contributed by atoms with E-state index in [1.54, 1.807) is 23.1 Å². The maximum absolute atomic E-state index is 13.1. The maximum Gasteiger partial charge on any atom is 0.135 e. The monoisotopic (exact) mass is 399 g/mol. The van der Waals surface area contributed by atoms with Crippen LogP contribution in [0, 0.1) is 11.2 Å². The van der Waals surface area contributed by atoms with E-state index in [0.717, 1.165) is 16.8 Å². The zero-order valence-corrected chi connectivity index (χ0v) is 15.7. The summed E-state index contributed by atoms with van der Waals surface area (Å²) >= 11 is 7.42. The number of nitrogens with one attached hydrogen (secondary N) is 1. The van der Waals surface area contributed by atoms with Gasteiger partial charge >= 0.3 is 0 Å². The largest absolute Gasteiger partial charge is 0.510 e. The van der Waals surface area contributed by atoms with Gasteiger partial charge < -0.3 is 10.0 Å². The van der Waals surface area contributed by atoms with Crippen molar-refractivity contribution in [3.8, 4) is 11.3 Å². The van der Waals surface area contributed by atoms with Crippen molar-refractivity contribution in [1.82, 2.24) is 9.88 Å². The van der Waals surface area contributed by atoms with Gasteiger partial charge in [0.05, 0.1) is 17.8 Å². The minimum atomic E-state index is -0.298. The highest BCUT2D eigenvalue weighted by Gasteiger charge is 2.30. The second-order valence-corrected chi connectivity index (χ2v) is 7.50. The summed E-state index contributed by atoms with van der Waals surface area (Å²) < 4.78 is 13.1. The summed E-state index contributed by atoms with van der Waals surface area (Å²) in [4.78, 5) is 6.32. The molecule has 7 heteroatoms. The molecular formula is C20H15ClFN3OS. The lowest BCUT2D eigenvalue weighted by Gasteiger charge is -2.18. The molecule has 0 amide bonds. The van der Waals surface area contributed by atoms with Gasteiger partial charge in [-0.1, -0.05) is 35.9 Å². The van der Waals surface area contributed by atoms with Crippen LogP contribution >= 0.6 is 22.9 Å². The molecule has 0 bridgehead atoms. The fourth-order valence-electron chi connectivity index (χ4n) is 2.97. The number of halogens is 2. The van der Waals surface area contributed by atoms with E-state index in [-0.39, 0.29) is 24.0 Å². The highest BCUT2D eigenvalue weighted by atomic mass is 35.5. The first-order valence-corrected chi connectivity index (χ1v) is 9.49. The first kappa shape index (κ1) is 17.7. The van der Waals surface area contributed by atoms with Gasteiger partial charge in [-0.15, -0.1) is 11.3 Å². The van der Waals surface area contributed by atoms with E-state index in [1.807, 2.05) is 23.6 Å². The third kappa shape index (κ3) is 3.59. The Hall–Kier alpha value is -2.70. The van der Waals surface area contributed by atoms with Gasteiger partial charge in [0.15, 0.2) is 0 Å². The van der Waals surface area contributed by atoms with E-state index in [1.165, 1.54) is 23.5 Å². The molecule has 2 N–H and O–H groups in total. The number of hydrogen-bond acceptors (Lipinski definition) is 4. The van der Waals surface area contributed by atoms with Gasteiger partial charge in [-0.3, -0.25) is 5.41 Å². The lowest BCUT2D eigenvalue weighted by Crippen LogP contribution is -2.26. The summed E-state index contributed by atoms with van der Waals surface area (Å²) in [5.74, 6) is 0.0335. The number of thiazole rings is 1. The van der Waals surface area contributed by atoms with E-state index in [4.69, 9.17) is 17.0 Å². The Morgan fingerprint density at radius 1 is 1.22 bits per heavy atom. The number of aromatic nitrogens is 1. The van der Waals surface area contributed by atoms with E-state index < -0.39 is 0 Å². The van der Waals surface area contributed by atoms with Crippen molar-refractivity contribution < 1.29 is 9.50 Å². The molecule has 2 aromatic carbocycles.